The zero-order valence-electron chi connectivity index (χ0n) is 7.37. The van der Waals surface area contributed by atoms with Crippen LogP contribution >= 0.6 is 15.9 Å². The van der Waals surface area contributed by atoms with Crippen LogP contribution in [0.1, 0.15) is 24.3 Å². The molecule has 13 heavy (non-hydrogen) atoms. The minimum atomic E-state index is 0.638. The molecule has 0 N–H and O–H groups in total. The minimum Gasteiger partial charge on any atom is -0.381 e. The van der Waals surface area contributed by atoms with Crippen LogP contribution in [0.25, 0.3) is 0 Å². The summed E-state index contributed by atoms with van der Waals surface area (Å²) in [5.74, 6) is 0.638. The Bertz CT molecular complexity index is 284. The molecule has 70 valence electrons. The fourth-order valence-electron chi connectivity index (χ4n) is 1.68. The smallest absolute Gasteiger partial charge is 0.0471 e. The summed E-state index contributed by atoms with van der Waals surface area (Å²) in [5, 5.41) is 0. The van der Waals surface area contributed by atoms with Gasteiger partial charge in [-0.05, 0) is 46.3 Å². The molecule has 1 aliphatic rings. The fraction of sp³-hybridized carbons (Fsp3) is 0.500. The number of hydrogen-bond donors (Lipinski definition) is 0. The van der Waals surface area contributed by atoms with Gasteiger partial charge in [-0.25, -0.2) is 0 Å². The third kappa shape index (κ3) is 2.29. The molecule has 0 unspecified atom stereocenters. The third-order valence-electron chi connectivity index (χ3n) is 2.42. The third-order valence-corrected chi connectivity index (χ3v) is 2.85. The normalized spacial score (nSPS) is 18.8. The summed E-state index contributed by atoms with van der Waals surface area (Å²) in [7, 11) is 0. The summed E-state index contributed by atoms with van der Waals surface area (Å²) in [5.41, 5.74) is 1.33. The molecule has 1 fully saturated rings. The first-order chi connectivity index (χ1) is 6.36. The molecular weight excluding hydrogens is 230 g/mol. The Morgan fingerprint density at radius 3 is 2.77 bits per heavy atom. The van der Waals surface area contributed by atoms with E-state index in [0.717, 1.165) is 30.5 Å². The number of hydrogen-bond acceptors (Lipinski definition) is 2. The fourth-order valence-corrected chi connectivity index (χ4v) is 2.07. The number of pyridine rings is 1. The Hall–Kier alpha value is -0.410. The van der Waals surface area contributed by atoms with Gasteiger partial charge in [0, 0.05) is 30.1 Å². The van der Waals surface area contributed by atoms with Crippen LogP contribution in [0.5, 0.6) is 0 Å². The molecule has 0 saturated carbocycles. The lowest BCUT2D eigenvalue weighted by atomic mass is 9.93. The highest BCUT2D eigenvalue weighted by atomic mass is 79.9. The van der Waals surface area contributed by atoms with Crippen LogP contribution in [-0.2, 0) is 4.74 Å². The number of rotatable bonds is 1. The van der Waals surface area contributed by atoms with Crippen LogP contribution in [0.3, 0.4) is 0 Å². The van der Waals surface area contributed by atoms with Crippen molar-refractivity contribution in [2.75, 3.05) is 13.2 Å². The van der Waals surface area contributed by atoms with Gasteiger partial charge >= 0.3 is 0 Å². The van der Waals surface area contributed by atoms with Gasteiger partial charge in [0.15, 0.2) is 0 Å². The van der Waals surface area contributed by atoms with Crippen LogP contribution in [0.15, 0.2) is 22.9 Å². The van der Waals surface area contributed by atoms with Crippen molar-refractivity contribution < 1.29 is 4.74 Å². The number of nitrogens with zero attached hydrogens (tertiary/aromatic N) is 1. The zero-order chi connectivity index (χ0) is 9.10. The van der Waals surface area contributed by atoms with Gasteiger partial charge in [-0.3, -0.25) is 4.98 Å². The monoisotopic (exact) mass is 241 g/mol. The number of halogens is 1. The van der Waals surface area contributed by atoms with Crippen molar-refractivity contribution in [1.29, 1.82) is 0 Å². The Morgan fingerprint density at radius 1 is 1.31 bits per heavy atom. The standard InChI is InChI=1S/C10H12BrNO/c11-10-5-9(6-12-7-10)8-1-3-13-4-2-8/h5-8H,1-4H2. The topological polar surface area (TPSA) is 22.1 Å². The first kappa shape index (κ1) is 9.16. The van der Waals surface area contributed by atoms with Crippen molar-refractivity contribution in [3.05, 3.63) is 28.5 Å². The van der Waals surface area contributed by atoms with Gasteiger partial charge in [-0.2, -0.15) is 0 Å². The van der Waals surface area contributed by atoms with Crippen molar-refractivity contribution in [3.63, 3.8) is 0 Å². The second-order valence-electron chi connectivity index (χ2n) is 3.32. The lowest BCUT2D eigenvalue weighted by molar-refractivity contribution is 0.0852. The molecule has 2 rings (SSSR count). The Balaban J connectivity index is 2.14. The molecule has 0 atom stereocenters. The summed E-state index contributed by atoms with van der Waals surface area (Å²) < 4.78 is 6.39. The first-order valence-corrected chi connectivity index (χ1v) is 5.34. The largest absolute Gasteiger partial charge is 0.381 e. The van der Waals surface area contributed by atoms with E-state index in [1.165, 1.54) is 5.56 Å². The Kier molecular flexibility index (Phi) is 2.96. The van der Waals surface area contributed by atoms with E-state index in [4.69, 9.17) is 4.74 Å². The van der Waals surface area contributed by atoms with Crippen LogP contribution in [0, 0.1) is 0 Å². The lowest BCUT2D eigenvalue weighted by Gasteiger charge is -2.21. The molecule has 0 aliphatic carbocycles. The molecule has 0 spiro atoms. The van der Waals surface area contributed by atoms with E-state index in [2.05, 4.69) is 27.0 Å². The predicted molar refractivity (Wildman–Crippen MR) is 54.7 cm³/mol. The SMILES string of the molecule is Brc1cncc(C2CCOCC2)c1. The highest BCUT2D eigenvalue weighted by Gasteiger charge is 2.15. The molecule has 0 radical (unpaired) electrons. The second-order valence-corrected chi connectivity index (χ2v) is 4.24. The zero-order valence-corrected chi connectivity index (χ0v) is 8.96. The summed E-state index contributed by atoms with van der Waals surface area (Å²) in [6.45, 7) is 1.77. The molecule has 0 amide bonds. The summed E-state index contributed by atoms with van der Waals surface area (Å²) in [6.07, 6.45) is 6.03. The quantitative estimate of drug-likeness (QED) is 0.755. The molecule has 1 aliphatic heterocycles. The molecule has 0 aromatic carbocycles. The maximum Gasteiger partial charge on any atom is 0.0471 e. The van der Waals surface area contributed by atoms with Crippen LogP contribution in [0.2, 0.25) is 0 Å². The van der Waals surface area contributed by atoms with E-state index in [1.54, 1.807) is 0 Å². The van der Waals surface area contributed by atoms with Gasteiger partial charge in [0.1, 0.15) is 0 Å². The first-order valence-electron chi connectivity index (χ1n) is 4.54. The van der Waals surface area contributed by atoms with Crippen LogP contribution < -0.4 is 0 Å². The van der Waals surface area contributed by atoms with E-state index in [1.807, 2.05) is 12.4 Å². The Morgan fingerprint density at radius 2 is 2.08 bits per heavy atom. The maximum absolute atomic E-state index is 5.32. The van der Waals surface area contributed by atoms with Crippen molar-refractivity contribution in [2.24, 2.45) is 0 Å². The molecule has 2 nitrogen and oxygen atoms in total. The van der Waals surface area contributed by atoms with E-state index in [9.17, 15) is 0 Å². The number of aromatic nitrogens is 1. The highest BCUT2D eigenvalue weighted by Crippen LogP contribution is 2.27. The highest BCUT2D eigenvalue weighted by molar-refractivity contribution is 9.10. The maximum atomic E-state index is 5.32. The van der Waals surface area contributed by atoms with Gasteiger partial charge < -0.3 is 4.74 Å². The molecule has 0 bridgehead atoms. The van der Waals surface area contributed by atoms with Crippen LogP contribution in [-0.4, -0.2) is 18.2 Å². The van der Waals surface area contributed by atoms with Gasteiger partial charge in [-0.1, -0.05) is 0 Å². The van der Waals surface area contributed by atoms with Crippen LogP contribution in [0.4, 0.5) is 0 Å². The molecule has 1 aromatic rings. The van der Waals surface area contributed by atoms with E-state index in [0.29, 0.717) is 5.92 Å². The van der Waals surface area contributed by atoms with Gasteiger partial charge in [0.05, 0.1) is 0 Å². The van der Waals surface area contributed by atoms with E-state index < -0.39 is 0 Å². The molecule has 1 saturated heterocycles. The summed E-state index contributed by atoms with van der Waals surface area (Å²) >= 11 is 3.43. The molecule has 2 heterocycles. The van der Waals surface area contributed by atoms with E-state index in [-0.39, 0.29) is 0 Å². The lowest BCUT2D eigenvalue weighted by Crippen LogP contribution is -2.14. The van der Waals surface area contributed by atoms with Crippen molar-refractivity contribution in [2.45, 2.75) is 18.8 Å². The minimum absolute atomic E-state index is 0.638. The summed E-state index contributed by atoms with van der Waals surface area (Å²) in [6, 6.07) is 2.16. The van der Waals surface area contributed by atoms with Crippen molar-refractivity contribution in [1.82, 2.24) is 4.98 Å². The second kappa shape index (κ2) is 4.20. The van der Waals surface area contributed by atoms with Crippen molar-refractivity contribution >= 4 is 15.9 Å². The van der Waals surface area contributed by atoms with Crippen molar-refractivity contribution in [3.8, 4) is 0 Å². The van der Waals surface area contributed by atoms with E-state index >= 15 is 0 Å². The average Bonchev–Trinajstić information content (AvgIpc) is 2.19. The number of ether oxygens (including phenoxy) is 1. The predicted octanol–water partition coefficient (Wildman–Crippen LogP) is 2.74. The molecule has 3 heteroatoms. The average molecular weight is 242 g/mol. The van der Waals surface area contributed by atoms with Gasteiger partial charge in [0.25, 0.3) is 0 Å². The van der Waals surface area contributed by atoms with Gasteiger partial charge in [-0.15, -0.1) is 0 Å². The van der Waals surface area contributed by atoms with Gasteiger partial charge in [0.2, 0.25) is 0 Å². The Labute approximate surface area is 86.5 Å². The summed E-state index contributed by atoms with van der Waals surface area (Å²) in [4.78, 5) is 4.17. The molecule has 1 aromatic heterocycles. The molecular formula is C10H12BrNO.